The van der Waals surface area contributed by atoms with Gasteiger partial charge in [-0.15, -0.1) is 0 Å². The molecule has 3 atom stereocenters. The second-order valence-corrected chi connectivity index (χ2v) is 11.4. The second kappa shape index (κ2) is 10.8. The van der Waals surface area contributed by atoms with Crippen molar-refractivity contribution < 1.29 is 23.9 Å². The maximum absolute atomic E-state index is 13.9. The molecule has 2 saturated heterocycles. The molecule has 0 aliphatic carbocycles. The van der Waals surface area contributed by atoms with E-state index in [1.807, 2.05) is 24.1 Å². The molecule has 0 radical (unpaired) electrons. The number of ether oxygens (including phenoxy) is 2. The number of anilines is 1. The van der Waals surface area contributed by atoms with Gasteiger partial charge in [0, 0.05) is 38.2 Å². The van der Waals surface area contributed by atoms with Gasteiger partial charge in [-0.2, -0.15) is 0 Å². The third-order valence-corrected chi connectivity index (χ3v) is 9.21. The van der Waals surface area contributed by atoms with Crippen molar-refractivity contribution in [1.82, 2.24) is 14.7 Å². The summed E-state index contributed by atoms with van der Waals surface area (Å²) in [5, 5.41) is 0. The van der Waals surface area contributed by atoms with Crippen LogP contribution in [0.1, 0.15) is 71.0 Å². The van der Waals surface area contributed by atoms with Crippen LogP contribution in [0.3, 0.4) is 0 Å². The topological polar surface area (TPSA) is 82.6 Å². The first-order valence-corrected chi connectivity index (χ1v) is 14.4. The Morgan fingerprint density at radius 3 is 2.58 bits per heavy atom. The predicted molar refractivity (Wildman–Crippen MR) is 151 cm³/mol. The van der Waals surface area contributed by atoms with Crippen molar-refractivity contribution >= 4 is 23.4 Å². The van der Waals surface area contributed by atoms with E-state index in [-0.39, 0.29) is 30.7 Å². The van der Waals surface area contributed by atoms with Crippen LogP contribution in [0.2, 0.25) is 0 Å². The molecule has 0 spiro atoms. The quantitative estimate of drug-likeness (QED) is 0.524. The first-order valence-electron chi connectivity index (χ1n) is 14.4. The van der Waals surface area contributed by atoms with Crippen molar-refractivity contribution in [1.29, 1.82) is 0 Å². The SMILES string of the molecule is COc1ccc2c(c1OC)C(=O)N1c3ccccc3C(=O)N(CCC(=O)N(C)C[C@@H]3CCCN4CCCC[C@H]34)[C@@H]21. The van der Waals surface area contributed by atoms with E-state index in [9.17, 15) is 14.4 Å². The molecule has 9 nitrogen and oxygen atoms in total. The molecule has 3 amide bonds. The maximum Gasteiger partial charge on any atom is 0.264 e. The summed E-state index contributed by atoms with van der Waals surface area (Å²) in [6, 6.07) is 11.3. The van der Waals surface area contributed by atoms with Crippen LogP contribution in [0.4, 0.5) is 5.69 Å². The van der Waals surface area contributed by atoms with E-state index >= 15 is 0 Å². The van der Waals surface area contributed by atoms with Gasteiger partial charge in [-0.3, -0.25) is 19.3 Å². The summed E-state index contributed by atoms with van der Waals surface area (Å²) in [5.41, 5.74) is 2.07. The number of hydrogen-bond acceptors (Lipinski definition) is 6. The Morgan fingerprint density at radius 1 is 0.975 bits per heavy atom. The molecular weight excluding hydrogens is 508 g/mol. The van der Waals surface area contributed by atoms with Crippen LogP contribution in [0.5, 0.6) is 11.5 Å². The minimum Gasteiger partial charge on any atom is -0.493 e. The molecule has 212 valence electrons. The highest BCUT2D eigenvalue weighted by Gasteiger charge is 2.49. The lowest BCUT2D eigenvalue weighted by molar-refractivity contribution is -0.131. The van der Waals surface area contributed by atoms with Crippen molar-refractivity contribution in [3.8, 4) is 11.5 Å². The van der Waals surface area contributed by atoms with Gasteiger partial charge in [0.2, 0.25) is 5.91 Å². The lowest BCUT2D eigenvalue weighted by atomic mass is 9.83. The van der Waals surface area contributed by atoms with Crippen LogP contribution in [-0.4, -0.2) is 85.9 Å². The van der Waals surface area contributed by atoms with E-state index < -0.39 is 6.17 Å². The summed E-state index contributed by atoms with van der Waals surface area (Å²) in [6.07, 6.45) is 5.62. The third-order valence-electron chi connectivity index (χ3n) is 9.21. The molecule has 4 heterocycles. The van der Waals surface area contributed by atoms with Crippen molar-refractivity contribution in [2.24, 2.45) is 5.92 Å². The summed E-state index contributed by atoms with van der Waals surface area (Å²) < 4.78 is 11.1. The van der Waals surface area contributed by atoms with Crippen molar-refractivity contribution in [3.63, 3.8) is 0 Å². The zero-order chi connectivity index (χ0) is 28.0. The van der Waals surface area contributed by atoms with Gasteiger partial charge in [-0.25, -0.2) is 0 Å². The average molecular weight is 547 g/mol. The first kappa shape index (κ1) is 26.6. The van der Waals surface area contributed by atoms with Crippen LogP contribution in [0.25, 0.3) is 0 Å². The van der Waals surface area contributed by atoms with E-state index in [1.54, 1.807) is 34.1 Å². The second-order valence-electron chi connectivity index (χ2n) is 11.4. The highest BCUT2D eigenvalue weighted by atomic mass is 16.5. The molecule has 0 unspecified atom stereocenters. The Balaban J connectivity index is 1.24. The number of benzene rings is 2. The standard InChI is InChI=1S/C31H38N4O5/c1-32(19-20-9-8-17-33-16-7-6-11-23(20)33)26(36)15-18-34-29-22-13-14-25(39-2)28(40-3)27(22)31(38)35(29)24-12-5-4-10-21(24)30(34)37/h4-5,10,12-14,20,23,29H,6-9,11,15-19H2,1-3H3/t20-,23+,29+/m0/s1. The molecule has 2 fully saturated rings. The van der Waals surface area contributed by atoms with Crippen molar-refractivity contribution in [2.45, 2.75) is 50.7 Å². The highest BCUT2D eigenvalue weighted by Crippen LogP contribution is 2.49. The predicted octanol–water partition coefficient (Wildman–Crippen LogP) is 3.93. The molecule has 9 heteroatoms. The van der Waals surface area contributed by atoms with E-state index in [0.29, 0.717) is 45.8 Å². The fourth-order valence-corrected chi connectivity index (χ4v) is 7.30. The van der Waals surface area contributed by atoms with E-state index in [2.05, 4.69) is 4.90 Å². The number of carbonyl (C=O) groups is 3. The zero-order valence-electron chi connectivity index (χ0n) is 23.6. The largest absolute Gasteiger partial charge is 0.493 e. The van der Waals surface area contributed by atoms with E-state index in [1.165, 1.54) is 53.0 Å². The molecule has 0 N–H and O–H groups in total. The normalized spacial score (nSPS) is 23.7. The number of fused-ring (bicyclic) bond motifs is 6. The molecule has 2 aromatic carbocycles. The molecule has 6 rings (SSSR count). The Hall–Kier alpha value is -3.59. The van der Waals surface area contributed by atoms with Crippen LogP contribution >= 0.6 is 0 Å². The number of piperidine rings is 2. The fourth-order valence-electron chi connectivity index (χ4n) is 7.30. The van der Waals surface area contributed by atoms with E-state index in [4.69, 9.17) is 9.47 Å². The zero-order valence-corrected chi connectivity index (χ0v) is 23.6. The number of nitrogens with zero attached hydrogens (tertiary/aromatic N) is 4. The van der Waals surface area contributed by atoms with Crippen LogP contribution in [-0.2, 0) is 4.79 Å². The van der Waals surface area contributed by atoms with Gasteiger partial charge < -0.3 is 24.2 Å². The van der Waals surface area contributed by atoms with Gasteiger partial charge in [0.1, 0.15) is 6.17 Å². The molecular formula is C31H38N4O5. The van der Waals surface area contributed by atoms with Crippen LogP contribution < -0.4 is 14.4 Å². The van der Waals surface area contributed by atoms with Crippen molar-refractivity contribution in [2.75, 3.05) is 52.3 Å². The fraction of sp³-hybridized carbons (Fsp3) is 0.516. The number of para-hydroxylation sites is 1. The number of carbonyl (C=O) groups excluding carboxylic acids is 3. The molecule has 4 aliphatic heterocycles. The monoisotopic (exact) mass is 546 g/mol. The van der Waals surface area contributed by atoms with Crippen molar-refractivity contribution in [3.05, 3.63) is 53.1 Å². The minimum atomic E-state index is -0.656. The molecule has 0 bridgehead atoms. The maximum atomic E-state index is 13.9. The van der Waals surface area contributed by atoms with Crippen LogP contribution in [0, 0.1) is 5.92 Å². The Bertz CT molecular complexity index is 1330. The van der Waals surface area contributed by atoms with Gasteiger partial charge in [-0.1, -0.05) is 24.6 Å². The number of amides is 3. The molecule has 0 aromatic heterocycles. The molecule has 40 heavy (non-hydrogen) atoms. The number of rotatable bonds is 7. The van der Waals surface area contributed by atoms with Crippen LogP contribution in [0.15, 0.2) is 36.4 Å². The van der Waals surface area contributed by atoms with Gasteiger partial charge in [0.05, 0.1) is 31.0 Å². The van der Waals surface area contributed by atoms with Gasteiger partial charge in [0.15, 0.2) is 11.5 Å². The molecule has 0 saturated carbocycles. The van der Waals surface area contributed by atoms with Gasteiger partial charge in [0.25, 0.3) is 11.8 Å². The minimum absolute atomic E-state index is 0.0167. The Morgan fingerprint density at radius 2 is 1.77 bits per heavy atom. The third kappa shape index (κ3) is 4.31. The van der Waals surface area contributed by atoms with Gasteiger partial charge >= 0.3 is 0 Å². The summed E-state index contributed by atoms with van der Waals surface area (Å²) in [4.78, 5) is 48.9. The summed E-state index contributed by atoms with van der Waals surface area (Å²) in [7, 11) is 4.92. The Labute approximate surface area is 235 Å². The Kier molecular flexibility index (Phi) is 7.16. The summed E-state index contributed by atoms with van der Waals surface area (Å²) in [5.74, 6) is 0.874. The highest BCUT2D eigenvalue weighted by molar-refractivity contribution is 6.18. The molecule has 4 aliphatic rings. The smallest absolute Gasteiger partial charge is 0.264 e. The van der Waals surface area contributed by atoms with E-state index in [0.717, 1.165) is 13.0 Å². The number of hydrogen-bond donors (Lipinski definition) is 0. The first-order chi connectivity index (χ1) is 19.4. The number of methoxy groups -OCH3 is 2. The summed E-state index contributed by atoms with van der Waals surface area (Å²) in [6.45, 7) is 3.29. The summed E-state index contributed by atoms with van der Waals surface area (Å²) >= 11 is 0. The average Bonchev–Trinajstić information content (AvgIpc) is 3.28. The lowest BCUT2D eigenvalue weighted by Gasteiger charge is -2.45. The molecule has 2 aromatic rings. The van der Waals surface area contributed by atoms with Gasteiger partial charge in [-0.05, 0) is 62.9 Å². The lowest BCUT2D eigenvalue weighted by Crippen LogP contribution is -2.51.